The third-order valence-electron chi connectivity index (χ3n) is 5.17. The van der Waals surface area contributed by atoms with Gasteiger partial charge in [0.1, 0.15) is 5.82 Å². The van der Waals surface area contributed by atoms with Crippen LogP contribution in [0.5, 0.6) is 0 Å². The Morgan fingerprint density at radius 1 is 1.19 bits per heavy atom. The summed E-state index contributed by atoms with van der Waals surface area (Å²) in [5.74, 6) is -0.864. The average molecular weight is 408 g/mol. The number of hydrogen-bond acceptors (Lipinski definition) is 4. The summed E-state index contributed by atoms with van der Waals surface area (Å²) < 4.78 is 45.7. The fourth-order valence-corrected chi connectivity index (χ4v) is 6.46. The summed E-state index contributed by atoms with van der Waals surface area (Å²) in [6.07, 6.45) is 0. The van der Waals surface area contributed by atoms with Gasteiger partial charge in [-0.3, -0.25) is 0 Å². The predicted molar refractivity (Wildman–Crippen MR) is 107 cm³/mol. The van der Waals surface area contributed by atoms with Crippen molar-refractivity contribution in [3.63, 3.8) is 0 Å². The Morgan fingerprint density at radius 3 is 2.30 bits per heavy atom. The minimum absolute atomic E-state index is 0.103. The van der Waals surface area contributed by atoms with Gasteiger partial charge < -0.3 is 10.5 Å². The van der Waals surface area contributed by atoms with Gasteiger partial charge >= 0.3 is 0 Å². The lowest BCUT2D eigenvalue weighted by molar-refractivity contribution is 0.121. The first-order valence-electron chi connectivity index (χ1n) is 8.69. The first-order chi connectivity index (χ1) is 12.7. The molecule has 4 nitrogen and oxygen atoms in total. The van der Waals surface area contributed by atoms with Crippen molar-refractivity contribution in [2.45, 2.75) is 29.9 Å². The van der Waals surface area contributed by atoms with Gasteiger partial charge in [-0.1, -0.05) is 42.0 Å². The third-order valence-corrected chi connectivity index (χ3v) is 7.84. The van der Waals surface area contributed by atoms with Crippen LogP contribution in [0.1, 0.15) is 24.0 Å². The number of benzene rings is 2. The molecule has 2 aromatic carbocycles. The van der Waals surface area contributed by atoms with Gasteiger partial charge in [-0.2, -0.15) is 0 Å². The molecule has 0 aromatic heterocycles. The molecule has 2 N–H and O–H groups in total. The molecule has 0 saturated heterocycles. The molecule has 2 aromatic rings. The van der Waals surface area contributed by atoms with Crippen LogP contribution in [0.25, 0.3) is 0 Å². The molecule has 3 atom stereocenters. The van der Waals surface area contributed by atoms with Crippen LogP contribution in [0.4, 0.5) is 4.39 Å². The molecule has 0 bridgehead atoms. The van der Waals surface area contributed by atoms with Crippen molar-refractivity contribution in [1.82, 2.24) is 0 Å². The van der Waals surface area contributed by atoms with E-state index in [1.165, 1.54) is 12.1 Å². The van der Waals surface area contributed by atoms with E-state index in [0.29, 0.717) is 12.2 Å². The van der Waals surface area contributed by atoms with E-state index < -0.39 is 26.4 Å². The Bertz CT molecular complexity index is 942. The number of hydrogen-bond donors (Lipinski definition) is 1. The Labute approximate surface area is 164 Å². The molecule has 7 heteroatoms. The summed E-state index contributed by atoms with van der Waals surface area (Å²) in [5.41, 5.74) is 6.68. The summed E-state index contributed by atoms with van der Waals surface area (Å²) in [6, 6.07) is 12.5. The van der Waals surface area contributed by atoms with Crippen LogP contribution < -0.4 is 5.73 Å². The first kappa shape index (κ1) is 19.9. The van der Waals surface area contributed by atoms with Crippen LogP contribution in [0, 0.1) is 18.2 Å². The molecule has 1 aliphatic carbocycles. The highest BCUT2D eigenvalue weighted by Gasteiger charge is 2.73. The fraction of sp³-hybridized carbons (Fsp3) is 0.350. The number of nitrogens with two attached hydrogens (primary N) is 1. The number of thiocarbonyl (C=S) groups is 1. The summed E-state index contributed by atoms with van der Waals surface area (Å²) in [5, 5.41) is -0.845. The molecular weight excluding hydrogens is 385 g/mol. The summed E-state index contributed by atoms with van der Waals surface area (Å²) in [4.78, 5) is 0.325. The van der Waals surface area contributed by atoms with E-state index in [1.807, 2.05) is 13.8 Å². The lowest BCUT2D eigenvalue weighted by Crippen LogP contribution is -2.33. The first-order valence-corrected chi connectivity index (χ1v) is 10.6. The molecule has 3 rings (SSSR count). The molecule has 0 spiro atoms. The molecule has 0 unspecified atom stereocenters. The maximum absolute atomic E-state index is 13.4. The standard InChI is InChI=1S/C20H22FNO3S2/c1-3-25-12-20(19(22)26)17(14-6-8-15(21)9-7-14)18(20)27(23,24)16-10-4-13(2)5-11-16/h4-11,17-18H,3,12H2,1-2H3,(H2,22,26)/t17-,18-,20+/m1/s1. The summed E-state index contributed by atoms with van der Waals surface area (Å²) >= 11 is 5.29. The third kappa shape index (κ3) is 3.39. The van der Waals surface area contributed by atoms with Gasteiger partial charge in [0, 0.05) is 12.5 Å². The Kier molecular flexibility index (Phi) is 5.38. The molecule has 27 heavy (non-hydrogen) atoms. The molecule has 1 aliphatic rings. The van der Waals surface area contributed by atoms with Crippen molar-refractivity contribution in [3.05, 3.63) is 65.5 Å². The molecule has 1 fully saturated rings. The molecule has 0 amide bonds. The second-order valence-electron chi connectivity index (χ2n) is 6.85. The van der Waals surface area contributed by atoms with Crippen molar-refractivity contribution < 1.29 is 17.5 Å². The van der Waals surface area contributed by atoms with Crippen molar-refractivity contribution in [2.75, 3.05) is 13.2 Å². The fourth-order valence-electron chi connectivity index (χ4n) is 3.69. The van der Waals surface area contributed by atoms with E-state index in [0.717, 1.165) is 5.56 Å². The van der Waals surface area contributed by atoms with Gasteiger partial charge in [-0.05, 0) is 43.7 Å². The predicted octanol–water partition coefficient (Wildman–Crippen LogP) is 3.38. The highest BCUT2D eigenvalue weighted by molar-refractivity contribution is 7.92. The summed E-state index contributed by atoms with van der Waals surface area (Å²) in [6.45, 7) is 4.24. The lowest BCUT2D eigenvalue weighted by atomic mass is 10.00. The van der Waals surface area contributed by atoms with Gasteiger partial charge in [-0.15, -0.1) is 0 Å². The van der Waals surface area contributed by atoms with E-state index in [4.69, 9.17) is 22.7 Å². The largest absolute Gasteiger partial charge is 0.393 e. The van der Waals surface area contributed by atoms with Gasteiger partial charge in [0.05, 0.1) is 27.2 Å². The molecule has 0 radical (unpaired) electrons. The lowest BCUT2D eigenvalue weighted by Gasteiger charge is -2.17. The maximum atomic E-state index is 13.4. The van der Waals surface area contributed by atoms with Gasteiger partial charge in [0.2, 0.25) is 0 Å². The normalized spacial score (nSPS) is 24.6. The van der Waals surface area contributed by atoms with Gasteiger partial charge in [0.15, 0.2) is 9.84 Å². The smallest absolute Gasteiger partial charge is 0.182 e. The number of ether oxygens (including phenoxy) is 1. The molecule has 1 saturated carbocycles. The summed E-state index contributed by atoms with van der Waals surface area (Å²) in [7, 11) is -3.71. The van der Waals surface area contributed by atoms with E-state index in [9.17, 15) is 12.8 Å². The highest BCUT2D eigenvalue weighted by atomic mass is 32.2. The molecular formula is C20H22FNO3S2. The number of aryl methyl sites for hydroxylation is 1. The van der Waals surface area contributed by atoms with Gasteiger partial charge in [0.25, 0.3) is 0 Å². The average Bonchev–Trinajstić information content (AvgIpc) is 3.32. The Hall–Kier alpha value is -1.83. The highest BCUT2D eigenvalue weighted by Crippen LogP contribution is 2.64. The van der Waals surface area contributed by atoms with Crippen LogP contribution in [-0.4, -0.2) is 31.9 Å². The number of halogens is 1. The van der Waals surface area contributed by atoms with E-state index in [2.05, 4.69) is 0 Å². The zero-order valence-corrected chi connectivity index (χ0v) is 16.8. The van der Waals surface area contributed by atoms with E-state index >= 15 is 0 Å². The minimum Gasteiger partial charge on any atom is -0.393 e. The molecule has 0 heterocycles. The quantitative estimate of drug-likeness (QED) is 0.713. The van der Waals surface area contributed by atoms with Crippen LogP contribution in [0.3, 0.4) is 0 Å². The topological polar surface area (TPSA) is 69.4 Å². The second kappa shape index (κ2) is 7.30. The molecule has 0 aliphatic heterocycles. The van der Waals surface area contributed by atoms with Crippen molar-refractivity contribution in [3.8, 4) is 0 Å². The van der Waals surface area contributed by atoms with E-state index in [1.54, 1.807) is 36.4 Å². The SMILES string of the molecule is CCOC[C@]1(C(N)=S)[C@H](c2ccc(F)cc2)[C@H]1S(=O)(=O)c1ccc(C)cc1. The Balaban J connectivity index is 2.10. The van der Waals surface area contributed by atoms with Crippen LogP contribution in [-0.2, 0) is 14.6 Å². The minimum atomic E-state index is -3.71. The van der Waals surface area contributed by atoms with Crippen molar-refractivity contribution in [1.29, 1.82) is 0 Å². The van der Waals surface area contributed by atoms with Crippen LogP contribution in [0.2, 0.25) is 0 Å². The van der Waals surface area contributed by atoms with Crippen LogP contribution >= 0.6 is 12.2 Å². The number of sulfone groups is 1. The van der Waals surface area contributed by atoms with Crippen molar-refractivity contribution >= 4 is 27.0 Å². The number of rotatable bonds is 7. The second-order valence-corrected chi connectivity index (χ2v) is 9.36. The zero-order chi connectivity index (χ0) is 19.8. The van der Waals surface area contributed by atoms with E-state index in [-0.39, 0.29) is 22.3 Å². The van der Waals surface area contributed by atoms with Crippen LogP contribution in [0.15, 0.2) is 53.4 Å². The monoisotopic (exact) mass is 407 g/mol. The Morgan fingerprint density at radius 2 is 1.78 bits per heavy atom. The zero-order valence-electron chi connectivity index (χ0n) is 15.2. The maximum Gasteiger partial charge on any atom is 0.182 e. The van der Waals surface area contributed by atoms with Gasteiger partial charge in [-0.25, -0.2) is 12.8 Å². The van der Waals surface area contributed by atoms with Crippen molar-refractivity contribution in [2.24, 2.45) is 11.1 Å². The molecule has 144 valence electrons.